The van der Waals surface area contributed by atoms with Gasteiger partial charge in [0.15, 0.2) is 0 Å². The van der Waals surface area contributed by atoms with Gasteiger partial charge in [0.2, 0.25) is 5.91 Å². The van der Waals surface area contributed by atoms with E-state index in [9.17, 15) is 18.0 Å². The number of methoxy groups -OCH3 is 2. The van der Waals surface area contributed by atoms with Crippen molar-refractivity contribution in [1.82, 2.24) is 14.7 Å². The quantitative estimate of drug-likeness (QED) is 0.581. The van der Waals surface area contributed by atoms with Gasteiger partial charge in [-0.15, -0.1) is 0 Å². The topological polar surface area (TPSA) is 45.3 Å². The number of nitrogens with zero attached hydrogens (tertiary/aromatic N) is 3. The summed E-state index contributed by atoms with van der Waals surface area (Å²) in [6, 6.07) is 11.0. The van der Waals surface area contributed by atoms with E-state index in [1.54, 1.807) is 26.4 Å². The molecule has 35 heavy (non-hydrogen) atoms. The van der Waals surface area contributed by atoms with Crippen LogP contribution in [0.15, 0.2) is 42.5 Å². The number of rotatable bonds is 7. The van der Waals surface area contributed by atoms with Crippen LogP contribution in [0.5, 0.6) is 11.5 Å². The van der Waals surface area contributed by atoms with Crippen LogP contribution in [0.3, 0.4) is 0 Å². The van der Waals surface area contributed by atoms with Crippen LogP contribution < -0.4 is 9.47 Å². The highest BCUT2D eigenvalue weighted by Crippen LogP contribution is 2.39. The Labute approximate surface area is 204 Å². The van der Waals surface area contributed by atoms with Crippen molar-refractivity contribution in [3.63, 3.8) is 0 Å². The SMILES string of the molecule is COc1ccc(OC)c(C2CCCN2C(=O)CN2CCN(Cc3ccc(C(F)(F)F)cc3)CC2)c1. The summed E-state index contributed by atoms with van der Waals surface area (Å²) in [5, 5.41) is 0. The van der Waals surface area contributed by atoms with Gasteiger partial charge in [0, 0.05) is 44.8 Å². The van der Waals surface area contributed by atoms with Crippen LogP contribution in [0.4, 0.5) is 13.2 Å². The Morgan fingerprint density at radius 2 is 1.63 bits per heavy atom. The summed E-state index contributed by atoms with van der Waals surface area (Å²) in [5.41, 5.74) is 1.20. The van der Waals surface area contributed by atoms with Gasteiger partial charge in [0.25, 0.3) is 0 Å². The molecular weight excluding hydrogens is 459 g/mol. The minimum Gasteiger partial charge on any atom is -0.497 e. The molecule has 0 saturated carbocycles. The van der Waals surface area contributed by atoms with Crippen molar-refractivity contribution in [3.8, 4) is 11.5 Å². The van der Waals surface area contributed by atoms with Crippen molar-refractivity contribution in [2.75, 3.05) is 53.5 Å². The Morgan fingerprint density at radius 3 is 2.26 bits per heavy atom. The highest BCUT2D eigenvalue weighted by molar-refractivity contribution is 5.79. The lowest BCUT2D eigenvalue weighted by Gasteiger charge is -2.36. The van der Waals surface area contributed by atoms with E-state index in [-0.39, 0.29) is 11.9 Å². The van der Waals surface area contributed by atoms with Gasteiger partial charge < -0.3 is 14.4 Å². The normalized spacial score (nSPS) is 19.7. The number of carbonyl (C=O) groups is 1. The predicted molar refractivity (Wildman–Crippen MR) is 126 cm³/mol. The maximum atomic E-state index is 13.2. The van der Waals surface area contributed by atoms with Gasteiger partial charge in [-0.25, -0.2) is 0 Å². The third-order valence-electron chi connectivity index (χ3n) is 6.88. The van der Waals surface area contributed by atoms with Crippen molar-refractivity contribution >= 4 is 5.91 Å². The number of hydrogen-bond donors (Lipinski definition) is 0. The average molecular weight is 492 g/mol. The molecule has 2 aromatic carbocycles. The lowest BCUT2D eigenvalue weighted by Crippen LogP contribution is -2.49. The van der Waals surface area contributed by atoms with Crippen LogP contribution >= 0.6 is 0 Å². The van der Waals surface area contributed by atoms with Crippen molar-refractivity contribution in [2.45, 2.75) is 31.6 Å². The predicted octanol–water partition coefficient (Wildman–Crippen LogP) is 4.20. The zero-order chi connectivity index (χ0) is 25.0. The van der Waals surface area contributed by atoms with Gasteiger partial charge in [0.1, 0.15) is 11.5 Å². The van der Waals surface area contributed by atoms with Gasteiger partial charge >= 0.3 is 6.18 Å². The second-order valence-electron chi connectivity index (χ2n) is 9.10. The first-order valence-corrected chi connectivity index (χ1v) is 11.9. The fraction of sp³-hybridized carbons (Fsp3) is 0.500. The average Bonchev–Trinajstić information content (AvgIpc) is 3.35. The minimum atomic E-state index is -4.32. The summed E-state index contributed by atoms with van der Waals surface area (Å²) >= 11 is 0. The van der Waals surface area contributed by atoms with E-state index in [4.69, 9.17) is 9.47 Å². The molecule has 1 unspecified atom stereocenters. The summed E-state index contributed by atoms with van der Waals surface area (Å²) in [6.45, 7) is 4.70. The molecule has 0 N–H and O–H groups in total. The number of ether oxygens (including phenoxy) is 2. The van der Waals surface area contributed by atoms with Gasteiger partial charge in [-0.2, -0.15) is 13.2 Å². The number of halogens is 3. The monoisotopic (exact) mass is 491 g/mol. The largest absolute Gasteiger partial charge is 0.497 e. The van der Waals surface area contributed by atoms with Gasteiger partial charge in [-0.05, 0) is 48.7 Å². The maximum absolute atomic E-state index is 13.2. The molecule has 0 radical (unpaired) electrons. The Morgan fingerprint density at radius 1 is 0.943 bits per heavy atom. The Bertz CT molecular complexity index is 1010. The second kappa shape index (κ2) is 10.9. The number of benzene rings is 2. The molecule has 0 bridgehead atoms. The number of piperazine rings is 1. The fourth-order valence-electron chi connectivity index (χ4n) is 4.93. The minimum absolute atomic E-state index is 0.0338. The van der Waals surface area contributed by atoms with Crippen molar-refractivity contribution in [3.05, 3.63) is 59.2 Å². The number of alkyl halides is 3. The second-order valence-corrected chi connectivity index (χ2v) is 9.10. The molecule has 9 heteroatoms. The third-order valence-corrected chi connectivity index (χ3v) is 6.88. The van der Waals surface area contributed by atoms with Crippen LogP contribution in [-0.4, -0.2) is 74.1 Å². The molecule has 0 aliphatic carbocycles. The first kappa shape index (κ1) is 25.3. The molecule has 4 rings (SSSR count). The first-order valence-electron chi connectivity index (χ1n) is 11.9. The van der Waals surface area contributed by atoms with E-state index in [2.05, 4.69) is 9.80 Å². The van der Waals surface area contributed by atoms with Gasteiger partial charge in [0.05, 0.1) is 32.4 Å². The fourth-order valence-corrected chi connectivity index (χ4v) is 4.93. The smallest absolute Gasteiger partial charge is 0.416 e. The summed E-state index contributed by atoms with van der Waals surface area (Å²) in [7, 11) is 3.26. The summed E-state index contributed by atoms with van der Waals surface area (Å²) in [5.74, 6) is 1.60. The molecule has 6 nitrogen and oxygen atoms in total. The molecule has 2 aliphatic heterocycles. The Kier molecular flexibility index (Phi) is 7.86. The molecular formula is C26H32F3N3O3. The van der Waals surface area contributed by atoms with Crippen molar-refractivity contribution in [1.29, 1.82) is 0 Å². The lowest BCUT2D eigenvalue weighted by atomic mass is 10.0. The van der Waals surface area contributed by atoms with Crippen molar-refractivity contribution < 1.29 is 27.4 Å². The van der Waals surface area contributed by atoms with Gasteiger partial charge in [-0.3, -0.25) is 14.6 Å². The Hall–Kier alpha value is -2.78. The van der Waals surface area contributed by atoms with E-state index in [0.717, 1.165) is 80.3 Å². The van der Waals surface area contributed by atoms with E-state index in [1.165, 1.54) is 0 Å². The maximum Gasteiger partial charge on any atom is 0.416 e. The molecule has 0 aromatic heterocycles. The van der Waals surface area contributed by atoms with Gasteiger partial charge in [-0.1, -0.05) is 12.1 Å². The number of hydrogen-bond acceptors (Lipinski definition) is 5. The highest BCUT2D eigenvalue weighted by atomic mass is 19.4. The number of carbonyl (C=O) groups excluding carboxylic acids is 1. The highest BCUT2D eigenvalue weighted by Gasteiger charge is 2.33. The standard InChI is InChI=1S/C26H32F3N3O3/c1-34-21-9-10-24(35-2)22(16-21)23-4-3-11-32(23)25(33)18-31-14-12-30(13-15-31)17-19-5-7-20(8-6-19)26(27,28)29/h5-10,16,23H,3-4,11-15,17-18H2,1-2H3. The lowest BCUT2D eigenvalue weighted by molar-refractivity contribution is -0.137. The van der Waals surface area contributed by atoms with Crippen molar-refractivity contribution in [2.24, 2.45) is 0 Å². The molecule has 1 atom stereocenters. The van der Waals surface area contributed by atoms with Crippen LogP contribution in [0.1, 0.15) is 35.6 Å². The van der Waals surface area contributed by atoms with Crippen LogP contribution in [0.2, 0.25) is 0 Å². The zero-order valence-corrected chi connectivity index (χ0v) is 20.2. The first-order chi connectivity index (χ1) is 16.8. The molecule has 2 saturated heterocycles. The zero-order valence-electron chi connectivity index (χ0n) is 20.2. The molecule has 2 aliphatic rings. The van der Waals surface area contributed by atoms with E-state index in [1.807, 2.05) is 23.1 Å². The molecule has 2 aromatic rings. The van der Waals surface area contributed by atoms with Crippen LogP contribution in [0.25, 0.3) is 0 Å². The summed E-state index contributed by atoms with van der Waals surface area (Å²) in [6.07, 6.45) is -2.49. The molecule has 1 amide bonds. The van der Waals surface area contributed by atoms with Crippen LogP contribution in [-0.2, 0) is 17.5 Å². The van der Waals surface area contributed by atoms with E-state index in [0.29, 0.717) is 13.1 Å². The number of likely N-dealkylation sites (tertiary alicyclic amines) is 1. The van der Waals surface area contributed by atoms with E-state index >= 15 is 0 Å². The Balaban J connectivity index is 1.31. The van der Waals surface area contributed by atoms with Crippen LogP contribution in [0, 0.1) is 0 Å². The molecule has 0 spiro atoms. The summed E-state index contributed by atoms with van der Waals surface area (Å²) < 4.78 is 49.3. The number of amides is 1. The molecule has 2 fully saturated rings. The summed E-state index contributed by atoms with van der Waals surface area (Å²) in [4.78, 5) is 19.6. The molecule has 2 heterocycles. The third kappa shape index (κ3) is 6.08. The molecule has 190 valence electrons. The van der Waals surface area contributed by atoms with E-state index < -0.39 is 11.7 Å².